The topological polar surface area (TPSA) is 129 Å². The van der Waals surface area contributed by atoms with Crippen LogP contribution in [0.2, 0.25) is 0 Å². The summed E-state index contributed by atoms with van der Waals surface area (Å²) in [5.74, 6) is 0.739. The van der Waals surface area contributed by atoms with E-state index in [2.05, 4.69) is 97.5 Å². The fourth-order valence-corrected chi connectivity index (χ4v) is 5.23. The highest BCUT2D eigenvalue weighted by molar-refractivity contribution is 5.92. The summed E-state index contributed by atoms with van der Waals surface area (Å²) in [5, 5.41) is 13.4. The summed E-state index contributed by atoms with van der Waals surface area (Å²) >= 11 is 0. The monoisotopic (exact) mass is 678 g/mol. The zero-order valence-corrected chi connectivity index (χ0v) is 28.6. The van der Waals surface area contributed by atoms with Crippen molar-refractivity contribution in [3.63, 3.8) is 0 Å². The zero-order valence-electron chi connectivity index (χ0n) is 28.6. The molecule has 1 amide bonds. The molecule has 0 bridgehead atoms. The molecule has 11 nitrogen and oxygen atoms in total. The number of nitrogens with one attached hydrogen (secondary N) is 3. The van der Waals surface area contributed by atoms with E-state index >= 15 is 0 Å². The summed E-state index contributed by atoms with van der Waals surface area (Å²) in [6, 6.07) is 36.7. The van der Waals surface area contributed by atoms with Gasteiger partial charge >= 0.3 is 0 Å². The standard InChI is InChI=1S/C24H30N6O3.C13H12.C2H4O2/c1-25-14-24(31)29-23-5-3-2-4-18(23)6-9-21-12-26-13-22(33-21)15-32-20-10-7-19(8-11-20)30-17-27-16-28-30;1-3-7-12(8-4-1)11-13-9-5-2-6-10-13;1-4-2-3/h2-5,7-8,10-11,16-17,21-22,25-26H,6,9,12-15H2,1H3,(H,29,31);1-10H,11H2;2H,1H3/t21-,22+;;/m1../s1. The molecule has 2 heterocycles. The van der Waals surface area contributed by atoms with Crippen molar-refractivity contribution >= 4 is 18.1 Å². The van der Waals surface area contributed by atoms with Crippen LogP contribution in [0.25, 0.3) is 5.69 Å². The number of carbonyl (C=O) groups is 2. The van der Waals surface area contributed by atoms with E-state index in [1.165, 1.54) is 24.6 Å². The Morgan fingerprint density at radius 3 is 2.18 bits per heavy atom. The number of aryl methyl sites for hydroxylation is 1. The molecule has 3 N–H and O–H groups in total. The second kappa shape index (κ2) is 21.6. The van der Waals surface area contributed by atoms with Gasteiger partial charge in [0.15, 0.2) is 0 Å². The fraction of sp³-hybridized carbons (Fsp3) is 0.282. The van der Waals surface area contributed by atoms with Crippen molar-refractivity contribution < 1.29 is 23.8 Å². The number of hydrogen-bond acceptors (Lipinski definition) is 9. The van der Waals surface area contributed by atoms with E-state index in [9.17, 15) is 4.79 Å². The van der Waals surface area contributed by atoms with Crippen LogP contribution in [-0.4, -0.2) is 79.8 Å². The van der Waals surface area contributed by atoms with Crippen molar-refractivity contribution in [2.45, 2.75) is 31.5 Å². The fourth-order valence-electron chi connectivity index (χ4n) is 5.23. The van der Waals surface area contributed by atoms with Gasteiger partial charge in [0.1, 0.15) is 31.1 Å². The Balaban J connectivity index is 0.000000271. The molecular formula is C39H46N6O5. The predicted octanol–water partition coefficient (Wildman–Crippen LogP) is 4.86. The van der Waals surface area contributed by atoms with E-state index < -0.39 is 0 Å². The summed E-state index contributed by atoms with van der Waals surface area (Å²) in [6.45, 7) is 2.69. The molecule has 0 spiro atoms. The number of amides is 1. The van der Waals surface area contributed by atoms with E-state index in [0.717, 1.165) is 55.0 Å². The normalized spacial score (nSPS) is 14.9. The minimum atomic E-state index is -0.0490. The van der Waals surface area contributed by atoms with Crippen LogP contribution in [0, 0.1) is 0 Å². The van der Waals surface area contributed by atoms with E-state index in [-0.39, 0.29) is 24.7 Å². The highest BCUT2D eigenvalue weighted by Gasteiger charge is 2.23. The highest BCUT2D eigenvalue weighted by Crippen LogP contribution is 2.20. The lowest BCUT2D eigenvalue weighted by Crippen LogP contribution is -2.47. The molecule has 11 heteroatoms. The molecule has 0 radical (unpaired) electrons. The molecule has 1 fully saturated rings. The molecule has 1 aliphatic rings. The summed E-state index contributed by atoms with van der Waals surface area (Å²) in [5.41, 5.74) is 5.63. The lowest BCUT2D eigenvalue weighted by Gasteiger charge is -2.31. The van der Waals surface area contributed by atoms with Crippen LogP contribution in [0.1, 0.15) is 23.1 Å². The first-order valence-electron chi connectivity index (χ1n) is 16.6. The Labute approximate surface area is 294 Å². The smallest absolute Gasteiger partial charge is 0.292 e. The van der Waals surface area contributed by atoms with Crippen LogP contribution < -0.4 is 20.7 Å². The SMILES string of the molecule is CNCC(=O)Nc1ccccc1CC[C@@H]1CNC[C@@H](COc2ccc(-n3cncn3)cc2)O1.COC=O.c1ccc(Cc2ccccc2)cc1. The summed E-state index contributed by atoms with van der Waals surface area (Å²) in [7, 11) is 3.07. The van der Waals surface area contributed by atoms with Crippen molar-refractivity contribution in [3.8, 4) is 11.4 Å². The van der Waals surface area contributed by atoms with E-state index in [1.807, 2.05) is 42.5 Å². The molecule has 1 aliphatic heterocycles. The third kappa shape index (κ3) is 13.3. The lowest BCUT2D eigenvalue weighted by molar-refractivity contribution is -0.126. The minimum Gasteiger partial charge on any atom is -0.491 e. The third-order valence-corrected chi connectivity index (χ3v) is 7.64. The molecular weight excluding hydrogens is 632 g/mol. The quantitative estimate of drug-likeness (QED) is 0.150. The number of methoxy groups -OCH3 is 1. The molecule has 5 aromatic rings. The largest absolute Gasteiger partial charge is 0.491 e. The average molecular weight is 679 g/mol. The summed E-state index contributed by atoms with van der Waals surface area (Å²) in [6.07, 6.45) is 5.93. The van der Waals surface area contributed by atoms with Gasteiger partial charge in [0.2, 0.25) is 5.91 Å². The molecule has 4 aromatic carbocycles. The number of anilines is 1. The number of likely N-dealkylation sites (N-methyl/N-ethyl adjacent to an activating group) is 1. The minimum absolute atomic E-state index is 0.0238. The maximum atomic E-state index is 12.0. The molecule has 0 unspecified atom stereocenters. The summed E-state index contributed by atoms with van der Waals surface area (Å²) in [4.78, 5) is 24.9. The van der Waals surface area contributed by atoms with Crippen LogP contribution in [0.3, 0.4) is 0 Å². The number of nitrogens with zero attached hydrogens (tertiary/aromatic N) is 3. The van der Waals surface area contributed by atoms with Gasteiger partial charge in [-0.1, -0.05) is 78.9 Å². The first kappa shape index (κ1) is 37.5. The van der Waals surface area contributed by atoms with Gasteiger partial charge in [-0.15, -0.1) is 0 Å². The maximum Gasteiger partial charge on any atom is 0.292 e. The molecule has 1 saturated heterocycles. The maximum absolute atomic E-state index is 12.0. The number of ether oxygens (including phenoxy) is 3. The van der Waals surface area contributed by atoms with Gasteiger partial charge in [-0.2, -0.15) is 5.10 Å². The van der Waals surface area contributed by atoms with Crippen molar-refractivity contribution in [3.05, 3.63) is 139 Å². The number of carbonyl (C=O) groups excluding carboxylic acids is 2. The molecule has 6 rings (SSSR count). The number of benzene rings is 4. The van der Waals surface area contributed by atoms with Gasteiger partial charge in [0.05, 0.1) is 25.4 Å². The Morgan fingerprint density at radius 2 is 1.56 bits per heavy atom. The molecule has 0 saturated carbocycles. The van der Waals surface area contributed by atoms with Gasteiger partial charge in [0, 0.05) is 18.8 Å². The molecule has 50 heavy (non-hydrogen) atoms. The Bertz CT molecular complexity index is 1620. The third-order valence-electron chi connectivity index (χ3n) is 7.64. The van der Waals surface area contributed by atoms with Gasteiger partial charge in [-0.05, 0) is 73.3 Å². The number of morpholine rings is 1. The highest BCUT2D eigenvalue weighted by atomic mass is 16.5. The number of rotatable bonds is 13. The Morgan fingerprint density at radius 1 is 0.920 bits per heavy atom. The van der Waals surface area contributed by atoms with Crippen molar-refractivity contribution in [1.29, 1.82) is 0 Å². The second-order valence-corrected chi connectivity index (χ2v) is 11.4. The van der Waals surface area contributed by atoms with Crippen LogP contribution >= 0.6 is 0 Å². The number of aromatic nitrogens is 3. The van der Waals surface area contributed by atoms with Crippen molar-refractivity contribution in [2.75, 3.05) is 45.7 Å². The average Bonchev–Trinajstić information content (AvgIpc) is 3.71. The van der Waals surface area contributed by atoms with Gasteiger partial charge < -0.3 is 30.2 Å². The van der Waals surface area contributed by atoms with E-state index in [4.69, 9.17) is 14.3 Å². The number of hydrogen-bond donors (Lipinski definition) is 3. The number of para-hydroxylation sites is 1. The summed E-state index contributed by atoms with van der Waals surface area (Å²) < 4.78 is 17.8. The lowest BCUT2D eigenvalue weighted by atomic mass is 10.0. The zero-order chi connectivity index (χ0) is 35.2. The molecule has 0 aliphatic carbocycles. The van der Waals surface area contributed by atoms with Crippen LogP contribution in [0.4, 0.5) is 5.69 Å². The van der Waals surface area contributed by atoms with Gasteiger partial charge in [0.25, 0.3) is 6.47 Å². The predicted molar refractivity (Wildman–Crippen MR) is 194 cm³/mol. The molecule has 1 aromatic heterocycles. The van der Waals surface area contributed by atoms with Crippen molar-refractivity contribution in [2.24, 2.45) is 0 Å². The molecule has 2 atom stereocenters. The van der Waals surface area contributed by atoms with Crippen molar-refractivity contribution in [1.82, 2.24) is 25.4 Å². The second-order valence-electron chi connectivity index (χ2n) is 11.4. The van der Waals surface area contributed by atoms with Crippen LogP contribution in [0.15, 0.2) is 122 Å². The van der Waals surface area contributed by atoms with Crippen LogP contribution in [0.5, 0.6) is 5.75 Å². The Hall–Kier alpha value is -5.36. The van der Waals surface area contributed by atoms with Crippen LogP contribution in [-0.2, 0) is 31.9 Å². The van der Waals surface area contributed by atoms with Gasteiger partial charge in [-0.25, -0.2) is 9.67 Å². The first-order chi connectivity index (χ1) is 24.6. The molecule has 262 valence electrons. The van der Waals surface area contributed by atoms with E-state index in [0.29, 0.717) is 13.1 Å². The first-order valence-corrected chi connectivity index (χ1v) is 16.6. The van der Waals surface area contributed by atoms with E-state index in [1.54, 1.807) is 18.1 Å². The Kier molecular flexibility index (Phi) is 16.2. The van der Waals surface area contributed by atoms with Gasteiger partial charge in [-0.3, -0.25) is 9.59 Å².